The van der Waals surface area contributed by atoms with Crippen LogP contribution in [0.4, 0.5) is 5.00 Å². The topological polar surface area (TPSA) is 38.3 Å². The number of hydrogen-bond acceptors (Lipinski definition) is 5. The number of nitrogens with one attached hydrogen (secondary N) is 1. The summed E-state index contributed by atoms with van der Waals surface area (Å²) < 4.78 is 5.57. The highest BCUT2D eigenvalue weighted by atomic mass is 32.2. The van der Waals surface area contributed by atoms with Crippen molar-refractivity contribution in [3.8, 4) is 0 Å². The molecule has 3 nitrogen and oxygen atoms in total. The van der Waals surface area contributed by atoms with Gasteiger partial charge in [0.1, 0.15) is 9.32 Å². The van der Waals surface area contributed by atoms with E-state index in [9.17, 15) is 4.79 Å². The van der Waals surface area contributed by atoms with Crippen LogP contribution in [0.5, 0.6) is 0 Å². The summed E-state index contributed by atoms with van der Waals surface area (Å²) in [6.07, 6.45) is 6.27. The second-order valence-corrected chi connectivity index (χ2v) is 6.61. The zero-order valence-corrected chi connectivity index (χ0v) is 12.8. The summed E-state index contributed by atoms with van der Waals surface area (Å²) in [4.78, 5) is 13.2. The van der Waals surface area contributed by atoms with E-state index in [1.165, 1.54) is 30.2 Å². The first-order valence-corrected chi connectivity index (χ1v) is 8.20. The van der Waals surface area contributed by atoms with Gasteiger partial charge in [0.05, 0.1) is 12.7 Å². The highest BCUT2D eigenvalue weighted by Gasteiger charge is 2.26. The van der Waals surface area contributed by atoms with Crippen molar-refractivity contribution in [2.45, 2.75) is 25.7 Å². The lowest BCUT2D eigenvalue weighted by molar-refractivity contribution is 0.0601. The molecule has 0 aliphatic heterocycles. The number of anilines is 1. The molecule has 1 heterocycles. The van der Waals surface area contributed by atoms with Gasteiger partial charge >= 0.3 is 5.97 Å². The van der Waals surface area contributed by atoms with Crippen molar-refractivity contribution in [3.05, 3.63) is 16.0 Å². The van der Waals surface area contributed by atoms with Crippen LogP contribution in [-0.2, 0) is 17.6 Å². The lowest BCUT2D eigenvalue weighted by atomic mass is 9.95. The average molecular weight is 301 g/mol. The van der Waals surface area contributed by atoms with Crippen LogP contribution in [0.15, 0.2) is 0 Å². The molecule has 0 fully saturated rings. The summed E-state index contributed by atoms with van der Waals surface area (Å²) in [6.45, 7) is 0. The number of ether oxygens (including phenoxy) is 1. The molecule has 1 aromatic heterocycles. The number of thioether (sulfide) groups is 1. The van der Waals surface area contributed by atoms with E-state index < -0.39 is 0 Å². The van der Waals surface area contributed by atoms with E-state index in [1.807, 2.05) is 6.26 Å². The van der Waals surface area contributed by atoms with Crippen molar-refractivity contribution >= 4 is 50.6 Å². The quantitative estimate of drug-likeness (QED) is 0.669. The van der Waals surface area contributed by atoms with E-state index in [2.05, 4.69) is 5.32 Å². The number of carbonyl (C=O) groups is 1. The third kappa shape index (κ3) is 2.70. The Balaban J connectivity index is 2.41. The SMILES string of the molecule is COC(=O)c1c(NC(=S)SC)sc2c1CCCC2. The predicted molar refractivity (Wildman–Crippen MR) is 82.0 cm³/mol. The molecule has 6 heteroatoms. The Morgan fingerprint density at radius 1 is 1.44 bits per heavy atom. The van der Waals surface area contributed by atoms with Crippen molar-refractivity contribution in [1.82, 2.24) is 0 Å². The molecule has 0 unspecified atom stereocenters. The summed E-state index contributed by atoms with van der Waals surface area (Å²) in [5.74, 6) is -0.263. The van der Waals surface area contributed by atoms with Crippen molar-refractivity contribution in [3.63, 3.8) is 0 Å². The minimum atomic E-state index is -0.263. The molecule has 0 saturated carbocycles. The van der Waals surface area contributed by atoms with Gasteiger partial charge in [0.15, 0.2) is 0 Å². The molecule has 0 aromatic carbocycles. The fraction of sp³-hybridized carbons (Fsp3) is 0.500. The highest BCUT2D eigenvalue weighted by molar-refractivity contribution is 8.22. The first-order chi connectivity index (χ1) is 8.67. The van der Waals surface area contributed by atoms with Crippen molar-refractivity contribution in [2.24, 2.45) is 0 Å². The Morgan fingerprint density at radius 3 is 2.83 bits per heavy atom. The van der Waals surface area contributed by atoms with Crippen LogP contribution in [0, 0.1) is 0 Å². The molecule has 1 aromatic rings. The van der Waals surface area contributed by atoms with Crippen molar-refractivity contribution in [1.29, 1.82) is 0 Å². The van der Waals surface area contributed by atoms with Gasteiger partial charge < -0.3 is 10.1 Å². The molecule has 0 radical (unpaired) electrons. The molecular weight excluding hydrogens is 286 g/mol. The maximum absolute atomic E-state index is 11.9. The van der Waals surface area contributed by atoms with Gasteiger partial charge in [-0.05, 0) is 37.5 Å². The van der Waals surface area contributed by atoms with Crippen LogP contribution >= 0.6 is 35.3 Å². The Kier molecular flexibility index (Phi) is 4.64. The number of thiophene rings is 1. The van der Waals surface area contributed by atoms with Crippen LogP contribution < -0.4 is 5.32 Å². The molecule has 98 valence electrons. The van der Waals surface area contributed by atoms with E-state index in [1.54, 1.807) is 11.3 Å². The average Bonchev–Trinajstić information content (AvgIpc) is 2.75. The molecule has 0 atom stereocenters. The number of fused-ring (bicyclic) bond motifs is 1. The highest BCUT2D eigenvalue weighted by Crippen LogP contribution is 2.38. The van der Waals surface area contributed by atoms with Crippen LogP contribution in [0.2, 0.25) is 0 Å². The second kappa shape index (κ2) is 6.04. The molecule has 0 amide bonds. The van der Waals surface area contributed by atoms with Gasteiger partial charge in [-0.15, -0.1) is 23.1 Å². The Labute approximate surface area is 120 Å². The normalized spacial score (nSPS) is 13.9. The molecule has 2 rings (SSSR count). The van der Waals surface area contributed by atoms with Crippen LogP contribution in [0.3, 0.4) is 0 Å². The smallest absolute Gasteiger partial charge is 0.341 e. The van der Waals surface area contributed by atoms with Crippen LogP contribution in [-0.4, -0.2) is 23.7 Å². The monoisotopic (exact) mass is 301 g/mol. The Hall–Kier alpha value is -0.590. The molecule has 1 aliphatic carbocycles. The number of aryl methyl sites for hydroxylation is 1. The van der Waals surface area contributed by atoms with E-state index in [-0.39, 0.29) is 5.97 Å². The zero-order valence-electron chi connectivity index (χ0n) is 10.4. The van der Waals surface area contributed by atoms with Crippen molar-refractivity contribution in [2.75, 3.05) is 18.7 Å². The number of esters is 1. The standard InChI is InChI=1S/C12H15NO2S3/c1-15-11(14)9-7-5-3-4-6-8(7)18-10(9)13-12(16)17-2/h3-6H2,1-2H3,(H,13,16). The van der Waals surface area contributed by atoms with Gasteiger partial charge in [0, 0.05) is 4.88 Å². The third-order valence-electron chi connectivity index (χ3n) is 2.96. The minimum Gasteiger partial charge on any atom is -0.465 e. The summed E-state index contributed by atoms with van der Waals surface area (Å²) in [6, 6.07) is 0. The first-order valence-electron chi connectivity index (χ1n) is 5.75. The molecule has 1 aliphatic rings. The lowest BCUT2D eigenvalue weighted by Gasteiger charge is -2.11. The third-order valence-corrected chi connectivity index (χ3v) is 5.24. The Bertz CT molecular complexity index is 482. The van der Waals surface area contributed by atoms with Crippen molar-refractivity contribution < 1.29 is 9.53 Å². The number of hydrogen-bond donors (Lipinski definition) is 1. The van der Waals surface area contributed by atoms with E-state index in [4.69, 9.17) is 17.0 Å². The zero-order chi connectivity index (χ0) is 13.1. The maximum Gasteiger partial charge on any atom is 0.341 e. The van der Waals surface area contributed by atoms with Gasteiger partial charge in [0.25, 0.3) is 0 Å². The van der Waals surface area contributed by atoms with E-state index >= 15 is 0 Å². The molecule has 0 spiro atoms. The molecule has 18 heavy (non-hydrogen) atoms. The van der Waals surface area contributed by atoms with Crippen LogP contribution in [0.25, 0.3) is 0 Å². The lowest BCUT2D eigenvalue weighted by Crippen LogP contribution is -2.11. The second-order valence-electron chi connectivity index (χ2n) is 4.02. The van der Waals surface area contributed by atoms with Gasteiger partial charge in [-0.3, -0.25) is 0 Å². The minimum absolute atomic E-state index is 0.263. The summed E-state index contributed by atoms with van der Waals surface area (Å²) in [5, 5.41) is 3.99. The molecular formula is C12H15NO2S3. The molecule has 0 bridgehead atoms. The fourth-order valence-electron chi connectivity index (χ4n) is 2.12. The summed E-state index contributed by atoms with van der Waals surface area (Å²) >= 11 is 8.27. The van der Waals surface area contributed by atoms with E-state index in [0.717, 1.165) is 29.8 Å². The predicted octanol–water partition coefficient (Wildman–Crippen LogP) is 3.47. The summed E-state index contributed by atoms with van der Waals surface area (Å²) in [5.41, 5.74) is 1.85. The maximum atomic E-state index is 11.9. The number of carbonyl (C=O) groups excluding carboxylic acids is 1. The fourth-order valence-corrected chi connectivity index (χ4v) is 3.83. The van der Waals surface area contributed by atoms with Gasteiger partial charge in [-0.1, -0.05) is 12.2 Å². The number of rotatable bonds is 2. The largest absolute Gasteiger partial charge is 0.465 e. The Morgan fingerprint density at radius 2 is 2.17 bits per heavy atom. The van der Waals surface area contributed by atoms with Gasteiger partial charge in [0.2, 0.25) is 0 Å². The van der Waals surface area contributed by atoms with Gasteiger partial charge in [-0.25, -0.2) is 4.79 Å². The van der Waals surface area contributed by atoms with Crippen LogP contribution in [0.1, 0.15) is 33.6 Å². The molecule has 0 saturated heterocycles. The number of thiocarbonyl (C=S) groups is 1. The van der Waals surface area contributed by atoms with E-state index in [0.29, 0.717) is 9.88 Å². The first kappa shape index (κ1) is 13.8. The number of methoxy groups -OCH3 is 1. The summed E-state index contributed by atoms with van der Waals surface area (Å²) in [7, 11) is 1.42. The van der Waals surface area contributed by atoms with Gasteiger partial charge in [-0.2, -0.15) is 0 Å². The molecule has 1 N–H and O–H groups in total.